The highest BCUT2D eigenvalue weighted by molar-refractivity contribution is 9.10. The van der Waals surface area contributed by atoms with E-state index in [1.54, 1.807) is 6.07 Å². The maximum Gasteiger partial charge on any atom is 0.303 e. The van der Waals surface area contributed by atoms with Crippen molar-refractivity contribution in [3.63, 3.8) is 0 Å². The molecular formula is C11H13BrFNO2. The molecule has 0 aliphatic heterocycles. The van der Waals surface area contributed by atoms with Crippen molar-refractivity contribution in [2.45, 2.75) is 19.3 Å². The zero-order valence-electron chi connectivity index (χ0n) is 8.67. The Morgan fingerprint density at radius 3 is 2.81 bits per heavy atom. The van der Waals surface area contributed by atoms with Gasteiger partial charge in [-0.2, -0.15) is 0 Å². The minimum Gasteiger partial charge on any atom is -0.481 e. The molecule has 0 heterocycles. The van der Waals surface area contributed by atoms with Crippen LogP contribution in [-0.2, 0) is 4.79 Å². The fraction of sp³-hybridized carbons (Fsp3) is 0.364. The first-order chi connectivity index (χ1) is 7.59. The third-order valence-electron chi connectivity index (χ3n) is 2.06. The van der Waals surface area contributed by atoms with Gasteiger partial charge in [-0.15, -0.1) is 0 Å². The molecule has 0 saturated carbocycles. The Morgan fingerprint density at radius 1 is 1.44 bits per heavy atom. The highest BCUT2D eigenvalue weighted by Crippen LogP contribution is 2.22. The van der Waals surface area contributed by atoms with E-state index in [0.717, 1.165) is 12.1 Å². The van der Waals surface area contributed by atoms with E-state index in [4.69, 9.17) is 5.11 Å². The summed E-state index contributed by atoms with van der Waals surface area (Å²) in [7, 11) is 0. The number of benzene rings is 1. The van der Waals surface area contributed by atoms with E-state index in [2.05, 4.69) is 21.2 Å². The third kappa shape index (κ3) is 4.61. The average molecular weight is 290 g/mol. The van der Waals surface area contributed by atoms with Gasteiger partial charge in [0.05, 0.1) is 0 Å². The second kappa shape index (κ2) is 6.48. The maximum atomic E-state index is 12.8. The number of carboxylic acids is 1. The molecule has 1 rings (SSSR count). The Labute approximate surface area is 102 Å². The topological polar surface area (TPSA) is 49.3 Å². The number of nitrogens with one attached hydrogen (secondary N) is 1. The molecule has 0 aromatic heterocycles. The van der Waals surface area contributed by atoms with Gasteiger partial charge in [0.1, 0.15) is 5.82 Å². The second-order valence-corrected chi connectivity index (χ2v) is 4.26. The molecule has 0 amide bonds. The van der Waals surface area contributed by atoms with E-state index < -0.39 is 5.97 Å². The van der Waals surface area contributed by atoms with Gasteiger partial charge in [-0.05, 0) is 47.0 Å². The summed E-state index contributed by atoms with van der Waals surface area (Å²) in [6.45, 7) is 0.678. The van der Waals surface area contributed by atoms with Gasteiger partial charge in [-0.25, -0.2) is 4.39 Å². The highest BCUT2D eigenvalue weighted by atomic mass is 79.9. The zero-order chi connectivity index (χ0) is 12.0. The number of unbranched alkanes of at least 4 members (excludes halogenated alkanes) is 1. The van der Waals surface area contributed by atoms with Crippen LogP contribution in [0, 0.1) is 5.82 Å². The van der Waals surface area contributed by atoms with Crippen LogP contribution >= 0.6 is 15.9 Å². The van der Waals surface area contributed by atoms with Gasteiger partial charge < -0.3 is 10.4 Å². The normalized spacial score (nSPS) is 10.1. The minimum absolute atomic E-state index is 0.187. The summed E-state index contributed by atoms with van der Waals surface area (Å²) in [6.07, 6.45) is 1.60. The highest BCUT2D eigenvalue weighted by Gasteiger charge is 2.01. The Kier molecular flexibility index (Phi) is 5.25. The van der Waals surface area contributed by atoms with Crippen LogP contribution < -0.4 is 5.32 Å². The van der Waals surface area contributed by atoms with Crippen LogP contribution in [0.2, 0.25) is 0 Å². The Hall–Kier alpha value is -1.10. The quantitative estimate of drug-likeness (QED) is 0.791. The summed E-state index contributed by atoms with van der Waals surface area (Å²) >= 11 is 3.24. The number of aliphatic carboxylic acids is 1. The van der Waals surface area contributed by atoms with Crippen molar-refractivity contribution in [2.75, 3.05) is 11.9 Å². The molecule has 1 aromatic carbocycles. The first kappa shape index (κ1) is 13.0. The molecule has 0 aliphatic rings. The standard InChI is InChI=1S/C11H13BrFNO2/c12-9-7-8(13)4-5-10(9)14-6-2-1-3-11(15)16/h4-5,7,14H,1-3,6H2,(H,15,16). The van der Waals surface area contributed by atoms with Crippen LogP contribution in [0.5, 0.6) is 0 Å². The summed E-state index contributed by atoms with van der Waals surface area (Å²) in [5.74, 6) is -1.06. The summed E-state index contributed by atoms with van der Waals surface area (Å²) < 4.78 is 13.4. The van der Waals surface area contributed by atoms with E-state index in [1.807, 2.05) is 0 Å². The Bertz CT molecular complexity index is 371. The predicted molar refractivity (Wildman–Crippen MR) is 64.1 cm³/mol. The number of halogens is 2. The first-order valence-electron chi connectivity index (χ1n) is 5.00. The van der Waals surface area contributed by atoms with Gasteiger partial charge in [0.2, 0.25) is 0 Å². The van der Waals surface area contributed by atoms with Crippen LogP contribution in [-0.4, -0.2) is 17.6 Å². The number of carboxylic acid groups (broad SMARTS) is 1. The summed E-state index contributed by atoms with van der Waals surface area (Å²) in [6, 6.07) is 4.42. The van der Waals surface area contributed by atoms with Crippen LogP contribution in [0.3, 0.4) is 0 Å². The van der Waals surface area contributed by atoms with Crippen LogP contribution in [0.25, 0.3) is 0 Å². The van der Waals surface area contributed by atoms with Crippen LogP contribution in [0.4, 0.5) is 10.1 Å². The number of hydrogen-bond acceptors (Lipinski definition) is 2. The van der Waals surface area contributed by atoms with E-state index in [0.29, 0.717) is 17.4 Å². The third-order valence-corrected chi connectivity index (χ3v) is 2.72. The van der Waals surface area contributed by atoms with Gasteiger partial charge in [-0.3, -0.25) is 4.79 Å². The van der Waals surface area contributed by atoms with Crippen molar-refractivity contribution >= 4 is 27.6 Å². The number of anilines is 1. The number of hydrogen-bond donors (Lipinski definition) is 2. The van der Waals surface area contributed by atoms with E-state index >= 15 is 0 Å². The van der Waals surface area contributed by atoms with Gasteiger partial charge in [0, 0.05) is 23.1 Å². The van der Waals surface area contributed by atoms with Crippen molar-refractivity contribution in [1.82, 2.24) is 0 Å². The average Bonchev–Trinajstić information content (AvgIpc) is 2.20. The van der Waals surface area contributed by atoms with Gasteiger partial charge >= 0.3 is 5.97 Å². The van der Waals surface area contributed by atoms with E-state index in [9.17, 15) is 9.18 Å². The largest absolute Gasteiger partial charge is 0.481 e. The Morgan fingerprint density at radius 2 is 2.19 bits per heavy atom. The lowest BCUT2D eigenvalue weighted by Crippen LogP contribution is -2.03. The maximum absolute atomic E-state index is 12.8. The zero-order valence-corrected chi connectivity index (χ0v) is 10.3. The van der Waals surface area contributed by atoms with E-state index in [1.165, 1.54) is 12.1 Å². The fourth-order valence-corrected chi connectivity index (χ4v) is 1.75. The Balaban J connectivity index is 2.29. The lowest BCUT2D eigenvalue weighted by Gasteiger charge is -2.07. The number of carbonyl (C=O) groups is 1. The van der Waals surface area contributed by atoms with Crippen molar-refractivity contribution in [3.8, 4) is 0 Å². The van der Waals surface area contributed by atoms with Gasteiger partial charge in [-0.1, -0.05) is 0 Å². The summed E-state index contributed by atoms with van der Waals surface area (Å²) in [4.78, 5) is 10.3. The molecule has 1 aromatic rings. The molecule has 0 aliphatic carbocycles. The molecule has 5 heteroatoms. The molecule has 0 spiro atoms. The molecule has 0 radical (unpaired) electrons. The van der Waals surface area contributed by atoms with Crippen LogP contribution in [0.1, 0.15) is 19.3 Å². The molecule has 0 atom stereocenters. The van der Waals surface area contributed by atoms with Gasteiger partial charge in [0.15, 0.2) is 0 Å². The first-order valence-corrected chi connectivity index (χ1v) is 5.79. The van der Waals surface area contributed by atoms with Crippen molar-refractivity contribution in [1.29, 1.82) is 0 Å². The van der Waals surface area contributed by atoms with Gasteiger partial charge in [0.25, 0.3) is 0 Å². The van der Waals surface area contributed by atoms with E-state index in [-0.39, 0.29) is 12.2 Å². The smallest absolute Gasteiger partial charge is 0.303 e. The molecule has 0 unspecified atom stereocenters. The molecule has 88 valence electrons. The molecule has 16 heavy (non-hydrogen) atoms. The molecule has 2 N–H and O–H groups in total. The monoisotopic (exact) mass is 289 g/mol. The lowest BCUT2D eigenvalue weighted by atomic mass is 10.2. The molecule has 0 saturated heterocycles. The van der Waals surface area contributed by atoms with Crippen molar-refractivity contribution < 1.29 is 14.3 Å². The fourth-order valence-electron chi connectivity index (χ4n) is 1.26. The van der Waals surface area contributed by atoms with Crippen molar-refractivity contribution in [3.05, 3.63) is 28.5 Å². The predicted octanol–water partition coefficient (Wildman–Crippen LogP) is 3.26. The minimum atomic E-state index is -0.775. The molecule has 0 fully saturated rings. The SMILES string of the molecule is O=C(O)CCCCNc1ccc(F)cc1Br. The van der Waals surface area contributed by atoms with Crippen LogP contribution in [0.15, 0.2) is 22.7 Å². The number of rotatable bonds is 6. The summed E-state index contributed by atoms with van der Waals surface area (Å²) in [5.41, 5.74) is 0.816. The molecular weight excluding hydrogens is 277 g/mol. The van der Waals surface area contributed by atoms with Crippen molar-refractivity contribution in [2.24, 2.45) is 0 Å². The lowest BCUT2D eigenvalue weighted by molar-refractivity contribution is -0.137. The molecule has 0 bridgehead atoms. The summed E-state index contributed by atoms with van der Waals surface area (Å²) in [5, 5.41) is 11.5. The molecule has 3 nitrogen and oxygen atoms in total. The second-order valence-electron chi connectivity index (χ2n) is 3.40.